The molecule has 6 heteroatoms. The molecule has 0 spiro atoms. The molecule has 128 valence electrons. The van der Waals surface area contributed by atoms with Crippen LogP contribution in [0.4, 0.5) is 0 Å². The molecule has 1 N–H and O–H groups in total. The molecule has 4 rings (SSSR count). The van der Waals surface area contributed by atoms with Gasteiger partial charge < -0.3 is 5.32 Å². The Hall–Kier alpha value is -3.18. The highest BCUT2D eigenvalue weighted by atomic mass is 35.5. The summed E-state index contributed by atoms with van der Waals surface area (Å²) in [5, 5.41) is 7.87. The molecule has 0 unspecified atom stereocenters. The van der Waals surface area contributed by atoms with E-state index in [4.69, 9.17) is 11.6 Å². The number of aromatic nitrogens is 3. The summed E-state index contributed by atoms with van der Waals surface area (Å²) in [6.07, 6.45) is 3.19. The maximum atomic E-state index is 12.6. The minimum absolute atomic E-state index is 0.215. The number of nitrogens with one attached hydrogen (secondary N) is 1. The molecular weight excluding hydrogens is 348 g/mol. The number of carbonyl (C=O) groups excluding carboxylic acids is 1. The third-order valence-corrected chi connectivity index (χ3v) is 4.42. The van der Waals surface area contributed by atoms with Crippen molar-refractivity contribution < 1.29 is 4.79 Å². The van der Waals surface area contributed by atoms with E-state index in [9.17, 15) is 4.79 Å². The number of benzene rings is 2. The zero-order valence-corrected chi connectivity index (χ0v) is 14.5. The van der Waals surface area contributed by atoms with Gasteiger partial charge in [-0.05, 0) is 17.7 Å². The Kier molecular flexibility index (Phi) is 4.37. The fraction of sp³-hybridized carbons (Fsp3) is 0.0500. The average Bonchev–Trinajstić information content (AvgIpc) is 3.12. The Morgan fingerprint density at radius 2 is 1.81 bits per heavy atom. The molecular formula is C20H15ClN4O. The lowest BCUT2D eigenvalue weighted by atomic mass is 10.1. The molecule has 0 aliphatic rings. The highest BCUT2D eigenvalue weighted by molar-refractivity contribution is 6.33. The SMILES string of the molecule is O=C(NCc1ccccc1)c1cnn2c(-c3ccccc3Cl)ccnc12. The standard InChI is InChI=1S/C20H15ClN4O/c21-17-9-5-4-8-15(17)18-10-11-22-19-16(13-24-25(18)19)20(26)23-12-14-6-2-1-3-7-14/h1-11,13H,12H2,(H,23,26). The summed E-state index contributed by atoms with van der Waals surface area (Å²) in [5.41, 5.74) is 3.56. The molecule has 1 amide bonds. The lowest BCUT2D eigenvalue weighted by molar-refractivity contribution is 0.0952. The smallest absolute Gasteiger partial charge is 0.257 e. The van der Waals surface area contributed by atoms with E-state index >= 15 is 0 Å². The van der Waals surface area contributed by atoms with Crippen molar-refractivity contribution in [3.63, 3.8) is 0 Å². The molecule has 5 nitrogen and oxygen atoms in total. The van der Waals surface area contributed by atoms with Crippen LogP contribution < -0.4 is 5.32 Å². The van der Waals surface area contributed by atoms with Gasteiger partial charge in [0.05, 0.1) is 11.9 Å². The lowest BCUT2D eigenvalue weighted by Gasteiger charge is -2.07. The molecule has 0 radical (unpaired) electrons. The Morgan fingerprint density at radius 3 is 2.62 bits per heavy atom. The second kappa shape index (κ2) is 6.98. The molecule has 4 aromatic rings. The normalized spacial score (nSPS) is 10.8. The molecule has 0 saturated heterocycles. The predicted molar refractivity (Wildman–Crippen MR) is 101 cm³/mol. The summed E-state index contributed by atoms with van der Waals surface area (Å²) in [6.45, 7) is 0.446. The van der Waals surface area contributed by atoms with Crippen molar-refractivity contribution in [2.24, 2.45) is 0 Å². The van der Waals surface area contributed by atoms with Crippen molar-refractivity contribution in [2.45, 2.75) is 6.54 Å². The molecule has 2 heterocycles. The predicted octanol–water partition coefficient (Wildman–Crippen LogP) is 3.98. The van der Waals surface area contributed by atoms with E-state index in [2.05, 4.69) is 15.4 Å². The fourth-order valence-electron chi connectivity index (χ4n) is 2.80. The zero-order valence-electron chi connectivity index (χ0n) is 13.8. The van der Waals surface area contributed by atoms with E-state index in [1.54, 1.807) is 10.7 Å². The summed E-state index contributed by atoms with van der Waals surface area (Å²) in [5.74, 6) is -0.215. The van der Waals surface area contributed by atoms with Crippen molar-refractivity contribution in [2.75, 3.05) is 0 Å². The van der Waals surface area contributed by atoms with Crippen LogP contribution in [0, 0.1) is 0 Å². The number of hydrogen-bond donors (Lipinski definition) is 1. The van der Waals surface area contributed by atoms with Crippen molar-refractivity contribution in [3.05, 3.63) is 89.2 Å². The maximum Gasteiger partial charge on any atom is 0.257 e. The molecule has 2 aromatic heterocycles. The molecule has 2 aromatic carbocycles. The van der Waals surface area contributed by atoms with E-state index in [1.807, 2.05) is 60.7 Å². The molecule has 0 saturated carbocycles. The van der Waals surface area contributed by atoms with Crippen molar-refractivity contribution in [1.82, 2.24) is 19.9 Å². The van der Waals surface area contributed by atoms with Crippen LogP contribution in [0.15, 0.2) is 73.1 Å². The van der Waals surface area contributed by atoms with Crippen LogP contribution in [0.1, 0.15) is 15.9 Å². The fourth-order valence-corrected chi connectivity index (χ4v) is 3.03. The molecule has 0 aliphatic heterocycles. The highest BCUT2D eigenvalue weighted by Crippen LogP contribution is 2.27. The van der Waals surface area contributed by atoms with E-state index in [0.29, 0.717) is 22.8 Å². The molecule has 0 atom stereocenters. The Balaban J connectivity index is 1.66. The Bertz CT molecular complexity index is 1080. The zero-order chi connectivity index (χ0) is 17.9. The van der Waals surface area contributed by atoms with Gasteiger partial charge in [0.2, 0.25) is 0 Å². The number of nitrogens with zero attached hydrogens (tertiary/aromatic N) is 3. The first-order valence-corrected chi connectivity index (χ1v) is 8.51. The van der Waals surface area contributed by atoms with Crippen LogP contribution in [0.3, 0.4) is 0 Å². The molecule has 0 aliphatic carbocycles. The lowest BCUT2D eigenvalue weighted by Crippen LogP contribution is -2.22. The summed E-state index contributed by atoms with van der Waals surface area (Å²) in [4.78, 5) is 16.9. The van der Waals surface area contributed by atoms with Crippen molar-refractivity contribution in [1.29, 1.82) is 0 Å². The number of fused-ring (bicyclic) bond motifs is 1. The molecule has 26 heavy (non-hydrogen) atoms. The monoisotopic (exact) mass is 362 g/mol. The summed E-state index contributed by atoms with van der Waals surface area (Å²) in [7, 11) is 0. The van der Waals surface area contributed by atoms with Gasteiger partial charge in [0.25, 0.3) is 5.91 Å². The summed E-state index contributed by atoms with van der Waals surface area (Å²) in [6, 6.07) is 19.1. The first-order valence-electron chi connectivity index (χ1n) is 8.14. The van der Waals surface area contributed by atoms with Crippen LogP contribution >= 0.6 is 11.6 Å². The van der Waals surface area contributed by atoms with Crippen LogP contribution in [-0.2, 0) is 6.54 Å². The van der Waals surface area contributed by atoms with Gasteiger partial charge in [0.1, 0.15) is 5.56 Å². The minimum Gasteiger partial charge on any atom is -0.348 e. The van der Waals surface area contributed by atoms with Gasteiger partial charge in [-0.1, -0.05) is 60.1 Å². The van der Waals surface area contributed by atoms with Gasteiger partial charge in [-0.3, -0.25) is 4.79 Å². The second-order valence-electron chi connectivity index (χ2n) is 5.77. The van der Waals surface area contributed by atoms with Gasteiger partial charge >= 0.3 is 0 Å². The summed E-state index contributed by atoms with van der Waals surface area (Å²) >= 11 is 6.31. The minimum atomic E-state index is -0.215. The van der Waals surface area contributed by atoms with E-state index < -0.39 is 0 Å². The third-order valence-electron chi connectivity index (χ3n) is 4.09. The average molecular weight is 363 g/mol. The van der Waals surface area contributed by atoms with E-state index in [0.717, 1.165) is 16.8 Å². The van der Waals surface area contributed by atoms with Gasteiger partial charge in [0.15, 0.2) is 5.65 Å². The molecule has 0 bridgehead atoms. The van der Waals surface area contributed by atoms with Crippen LogP contribution in [0.5, 0.6) is 0 Å². The molecule has 0 fully saturated rings. The number of rotatable bonds is 4. The summed E-state index contributed by atoms with van der Waals surface area (Å²) < 4.78 is 1.64. The van der Waals surface area contributed by atoms with Crippen LogP contribution in [-0.4, -0.2) is 20.5 Å². The van der Waals surface area contributed by atoms with Crippen molar-refractivity contribution >= 4 is 23.2 Å². The van der Waals surface area contributed by atoms with E-state index in [-0.39, 0.29) is 5.91 Å². The van der Waals surface area contributed by atoms with Crippen LogP contribution in [0.25, 0.3) is 16.9 Å². The maximum absolute atomic E-state index is 12.6. The number of halogens is 1. The Labute approximate surface area is 155 Å². The van der Waals surface area contributed by atoms with Gasteiger partial charge in [0, 0.05) is 23.3 Å². The quantitative estimate of drug-likeness (QED) is 0.597. The van der Waals surface area contributed by atoms with Crippen LogP contribution in [0.2, 0.25) is 5.02 Å². The Morgan fingerprint density at radius 1 is 1.04 bits per heavy atom. The highest BCUT2D eigenvalue weighted by Gasteiger charge is 2.16. The van der Waals surface area contributed by atoms with Gasteiger partial charge in [-0.2, -0.15) is 5.10 Å². The van der Waals surface area contributed by atoms with Gasteiger partial charge in [-0.15, -0.1) is 0 Å². The third kappa shape index (κ3) is 3.05. The second-order valence-corrected chi connectivity index (χ2v) is 6.18. The first-order chi connectivity index (χ1) is 12.7. The number of carbonyl (C=O) groups is 1. The van der Waals surface area contributed by atoms with E-state index in [1.165, 1.54) is 6.20 Å². The first kappa shape index (κ1) is 16.3. The topological polar surface area (TPSA) is 59.3 Å². The van der Waals surface area contributed by atoms with Crippen molar-refractivity contribution in [3.8, 4) is 11.3 Å². The largest absolute Gasteiger partial charge is 0.348 e. The number of amides is 1. The number of hydrogen-bond acceptors (Lipinski definition) is 3. The van der Waals surface area contributed by atoms with Gasteiger partial charge in [-0.25, -0.2) is 9.50 Å².